The van der Waals surface area contributed by atoms with Crippen molar-refractivity contribution in [2.45, 2.75) is 6.73 Å². The van der Waals surface area contributed by atoms with E-state index in [9.17, 15) is 4.79 Å². The summed E-state index contributed by atoms with van der Waals surface area (Å²) < 4.78 is 7.29. The minimum absolute atomic E-state index is 0.306. The van der Waals surface area contributed by atoms with Crippen LogP contribution in [0.2, 0.25) is 0 Å². The average molecular weight is 311 g/mol. The molecule has 0 saturated carbocycles. The number of aromatic nitrogens is 3. The summed E-state index contributed by atoms with van der Waals surface area (Å²) in [4.78, 5) is 15.9. The minimum Gasteiger partial charge on any atom is -0.362 e. The predicted octanol–water partition coefficient (Wildman–Crippen LogP) is 1.90. The number of carbonyl (C=O) groups excluding carboxylic acids is 1. The molecule has 0 aliphatic carbocycles. The third-order valence-electron chi connectivity index (χ3n) is 2.10. The van der Waals surface area contributed by atoms with Gasteiger partial charge in [-0.2, -0.15) is 5.10 Å². The number of hydrogen-bond acceptors (Lipinski definition) is 4. The Labute approximate surface area is 112 Å². The number of ether oxygens (including phenoxy) is 1. The second-order valence-electron chi connectivity index (χ2n) is 3.47. The van der Waals surface area contributed by atoms with Crippen molar-refractivity contribution in [3.63, 3.8) is 0 Å². The molecule has 2 aromatic heterocycles. The zero-order valence-electron chi connectivity index (χ0n) is 9.63. The standard InChI is InChI=1S/C11H11BrN4O2/c1-18-7-16-5-4-9(15-16)11(17)14-10-3-2-8(12)6-13-10/h2-6H,7H2,1H3,(H,13,14,17). The monoisotopic (exact) mass is 310 g/mol. The van der Waals surface area contributed by atoms with Crippen LogP contribution in [0, 0.1) is 0 Å². The summed E-state index contributed by atoms with van der Waals surface area (Å²) in [6.45, 7) is 0.309. The first-order chi connectivity index (χ1) is 8.69. The molecule has 0 fully saturated rings. The molecule has 1 N–H and O–H groups in total. The fourth-order valence-corrected chi connectivity index (χ4v) is 1.55. The summed E-state index contributed by atoms with van der Waals surface area (Å²) in [5, 5.41) is 6.71. The number of hydrogen-bond donors (Lipinski definition) is 1. The van der Waals surface area contributed by atoms with E-state index in [1.165, 1.54) is 4.68 Å². The maximum absolute atomic E-state index is 11.8. The van der Waals surface area contributed by atoms with Gasteiger partial charge in [-0.25, -0.2) is 9.67 Å². The summed E-state index contributed by atoms with van der Waals surface area (Å²) in [5.41, 5.74) is 0.316. The predicted molar refractivity (Wildman–Crippen MR) is 69.1 cm³/mol. The molecule has 2 aromatic rings. The van der Waals surface area contributed by atoms with E-state index in [2.05, 4.69) is 31.3 Å². The van der Waals surface area contributed by atoms with Gasteiger partial charge in [0.1, 0.15) is 12.5 Å². The Hall–Kier alpha value is -1.73. The number of methoxy groups -OCH3 is 1. The number of nitrogens with zero attached hydrogens (tertiary/aromatic N) is 3. The van der Waals surface area contributed by atoms with Crippen molar-refractivity contribution in [3.8, 4) is 0 Å². The lowest BCUT2D eigenvalue weighted by Crippen LogP contribution is -2.14. The lowest BCUT2D eigenvalue weighted by molar-refractivity contribution is 0.101. The van der Waals surface area contributed by atoms with E-state index in [1.807, 2.05) is 0 Å². The molecule has 0 unspecified atom stereocenters. The van der Waals surface area contributed by atoms with Crippen LogP contribution in [0.3, 0.4) is 0 Å². The molecule has 0 radical (unpaired) electrons. The summed E-state index contributed by atoms with van der Waals surface area (Å²) in [5.74, 6) is 0.171. The van der Waals surface area contributed by atoms with Gasteiger partial charge in [-0.05, 0) is 34.1 Å². The Bertz CT molecular complexity index is 538. The average Bonchev–Trinajstić information content (AvgIpc) is 2.81. The van der Waals surface area contributed by atoms with Crippen molar-refractivity contribution < 1.29 is 9.53 Å². The van der Waals surface area contributed by atoms with Gasteiger partial charge in [0.15, 0.2) is 5.69 Å². The van der Waals surface area contributed by atoms with Crippen LogP contribution in [-0.4, -0.2) is 27.8 Å². The molecule has 18 heavy (non-hydrogen) atoms. The normalized spacial score (nSPS) is 10.3. The molecule has 2 heterocycles. The highest BCUT2D eigenvalue weighted by molar-refractivity contribution is 9.10. The van der Waals surface area contributed by atoms with E-state index in [4.69, 9.17) is 4.74 Å². The van der Waals surface area contributed by atoms with E-state index >= 15 is 0 Å². The smallest absolute Gasteiger partial charge is 0.277 e. The maximum Gasteiger partial charge on any atom is 0.277 e. The molecule has 0 atom stereocenters. The second-order valence-corrected chi connectivity index (χ2v) is 4.39. The number of pyridine rings is 1. The Kier molecular flexibility index (Phi) is 4.06. The van der Waals surface area contributed by atoms with Crippen LogP contribution >= 0.6 is 15.9 Å². The third-order valence-corrected chi connectivity index (χ3v) is 2.57. The van der Waals surface area contributed by atoms with E-state index in [-0.39, 0.29) is 5.91 Å². The van der Waals surface area contributed by atoms with Gasteiger partial charge >= 0.3 is 0 Å². The largest absolute Gasteiger partial charge is 0.362 e. The van der Waals surface area contributed by atoms with Gasteiger partial charge in [0.2, 0.25) is 0 Å². The lowest BCUT2D eigenvalue weighted by Gasteiger charge is -2.02. The van der Waals surface area contributed by atoms with Crippen LogP contribution in [0.25, 0.3) is 0 Å². The van der Waals surface area contributed by atoms with Gasteiger partial charge in [-0.15, -0.1) is 0 Å². The van der Waals surface area contributed by atoms with E-state index in [0.29, 0.717) is 18.2 Å². The van der Waals surface area contributed by atoms with E-state index < -0.39 is 0 Å². The minimum atomic E-state index is -0.306. The van der Waals surface area contributed by atoms with Crippen LogP contribution in [-0.2, 0) is 11.5 Å². The van der Waals surface area contributed by atoms with Crippen LogP contribution < -0.4 is 5.32 Å². The molecule has 94 valence electrons. The molecule has 0 aliphatic rings. The van der Waals surface area contributed by atoms with Crippen LogP contribution in [0.15, 0.2) is 35.1 Å². The SMILES string of the molecule is COCn1ccc(C(=O)Nc2ccc(Br)cn2)n1. The summed E-state index contributed by atoms with van der Waals surface area (Å²) in [6.07, 6.45) is 3.28. The van der Waals surface area contributed by atoms with Crippen molar-refractivity contribution >= 4 is 27.7 Å². The van der Waals surface area contributed by atoms with Crippen molar-refractivity contribution in [1.29, 1.82) is 0 Å². The number of amides is 1. The maximum atomic E-state index is 11.8. The van der Waals surface area contributed by atoms with Crippen molar-refractivity contribution in [1.82, 2.24) is 14.8 Å². The highest BCUT2D eigenvalue weighted by Gasteiger charge is 2.10. The van der Waals surface area contributed by atoms with Crippen molar-refractivity contribution in [3.05, 3.63) is 40.8 Å². The highest BCUT2D eigenvalue weighted by atomic mass is 79.9. The zero-order chi connectivity index (χ0) is 13.0. The van der Waals surface area contributed by atoms with Crippen LogP contribution in [0.4, 0.5) is 5.82 Å². The number of nitrogens with one attached hydrogen (secondary N) is 1. The Balaban J connectivity index is 2.04. The van der Waals surface area contributed by atoms with Gasteiger partial charge in [0.25, 0.3) is 5.91 Å². The zero-order valence-corrected chi connectivity index (χ0v) is 11.2. The molecule has 0 saturated heterocycles. The number of anilines is 1. The summed E-state index contributed by atoms with van der Waals surface area (Å²) >= 11 is 3.27. The first kappa shape index (κ1) is 12.7. The fourth-order valence-electron chi connectivity index (χ4n) is 1.32. The van der Waals surface area contributed by atoms with Crippen LogP contribution in [0.1, 0.15) is 10.5 Å². The van der Waals surface area contributed by atoms with Crippen molar-refractivity contribution in [2.24, 2.45) is 0 Å². The molecule has 0 bridgehead atoms. The third kappa shape index (κ3) is 3.14. The summed E-state index contributed by atoms with van der Waals surface area (Å²) in [6, 6.07) is 5.12. The first-order valence-corrected chi connectivity index (χ1v) is 5.93. The molecule has 6 nitrogen and oxygen atoms in total. The molecule has 0 aromatic carbocycles. The fraction of sp³-hybridized carbons (Fsp3) is 0.182. The van der Waals surface area contributed by atoms with Gasteiger partial charge < -0.3 is 10.1 Å². The van der Waals surface area contributed by atoms with E-state index in [1.54, 1.807) is 37.7 Å². The molecule has 1 amide bonds. The quantitative estimate of drug-likeness (QED) is 0.936. The molecular weight excluding hydrogens is 300 g/mol. The topological polar surface area (TPSA) is 69.0 Å². The van der Waals surface area contributed by atoms with Gasteiger partial charge in [-0.3, -0.25) is 4.79 Å². The van der Waals surface area contributed by atoms with Gasteiger partial charge in [0, 0.05) is 24.0 Å². The highest BCUT2D eigenvalue weighted by Crippen LogP contribution is 2.11. The Morgan fingerprint density at radius 3 is 3.00 bits per heavy atom. The number of halogens is 1. The summed E-state index contributed by atoms with van der Waals surface area (Å²) in [7, 11) is 1.56. The van der Waals surface area contributed by atoms with Gasteiger partial charge in [-0.1, -0.05) is 0 Å². The second kappa shape index (κ2) is 5.74. The molecular formula is C11H11BrN4O2. The van der Waals surface area contributed by atoms with Gasteiger partial charge in [0.05, 0.1) is 0 Å². The number of carbonyl (C=O) groups is 1. The Morgan fingerprint density at radius 2 is 2.33 bits per heavy atom. The first-order valence-electron chi connectivity index (χ1n) is 5.14. The molecule has 7 heteroatoms. The number of rotatable bonds is 4. The lowest BCUT2D eigenvalue weighted by atomic mass is 10.4. The molecule has 0 spiro atoms. The van der Waals surface area contributed by atoms with Crippen LogP contribution in [0.5, 0.6) is 0 Å². The molecule has 0 aliphatic heterocycles. The van der Waals surface area contributed by atoms with Crippen molar-refractivity contribution in [2.75, 3.05) is 12.4 Å². The molecule has 2 rings (SSSR count). The Morgan fingerprint density at radius 1 is 1.50 bits per heavy atom. The van der Waals surface area contributed by atoms with E-state index in [0.717, 1.165) is 4.47 Å².